The van der Waals surface area contributed by atoms with Crippen LogP contribution in [0.25, 0.3) is 5.69 Å². The molecule has 3 heterocycles. The van der Waals surface area contributed by atoms with Gasteiger partial charge in [-0.05, 0) is 26.0 Å². The molecule has 7 heteroatoms. The molecule has 1 aliphatic heterocycles. The first-order valence-electron chi connectivity index (χ1n) is 8.52. The van der Waals surface area contributed by atoms with Gasteiger partial charge in [0.2, 0.25) is 0 Å². The van der Waals surface area contributed by atoms with Gasteiger partial charge in [0, 0.05) is 24.3 Å². The predicted octanol–water partition coefficient (Wildman–Crippen LogP) is 2.18. The number of aromatic amines is 1. The van der Waals surface area contributed by atoms with Gasteiger partial charge in [0.25, 0.3) is 0 Å². The highest BCUT2D eigenvalue weighted by atomic mass is 16.5. The largest absolute Gasteiger partial charge is 0.378 e. The average molecular weight is 338 g/mol. The molecular formula is C18H22N6O. The third kappa shape index (κ3) is 3.20. The number of nitrogens with zero attached hydrogens (tertiary/aromatic N) is 5. The summed E-state index contributed by atoms with van der Waals surface area (Å²) in [6.45, 7) is 7.12. The number of H-pyrrole nitrogens is 1. The van der Waals surface area contributed by atoms with Gasteiger partial charge >= 0.3 is 0 Å². The molecule has 0 unspecified atom stereocenters. The average Bonchev–Trinajstić information content (AvgIpc) is 3.23. The van der Waals surface area contributed by atoms with E-state index in [1.54, 1.807) is 4.80 Å². The molecule has 1 atom stereocenters. The fourth-order valence-electron chi connectivity index (χ4n) is 3.40. The highest BCUT2D eigenvalue weighted by Crippen LogP contribution is 2.29. The molecule has 0 spiro atoms. The Kier molecular flexibility index (Phi) is 4.33. The zero-order valence-electron chi connectivity index (χ0n) is 14.5. The second-order valence-electron chi connectivity index (χ2n) is 6.37. The van der Waals surface area contributed by atoms with E-state index in [4.69, 9.17) is 4.74 Å². The van der Waals surface area contributed by atoms with Crippen LogP contribution in [-0.4, -0.2) is 49.8 Å². The molecule has 0 aliphatic carbocycles. The lowest BCUT2D eigenvalue weighted by molar-refractivity contribution is -0.0137. The van der Waals surface area contributed by atoms with Crippen LogP contribution in [0.2, 0.25) is 0 Å². The second kappa shape index (κ2) is 6.78. The standard InChI is InChI=1S/C18H22N6O/c1-13-18(14(2)21-20-13)17-12-25-9-8-23(17)11-15-10-19-24(22-15)16-6-4-3-5-7-16/h3-7,10,17H,8-9,11-12H2,1-2H3,(H,20,21)/t17-/m1/s1. The van der Waals surface area contributed by atoms with E-state index < -0.39 is 0 Å². The van der Waals surface area contributed by atoms with Crippen LogP contribution in [0.5, 0.6) is 0 Å². The first-order chi connectivity index (χ1) is 12.2. The SMILES string of the molecule is Cc1n[nH]c(C)c1[C@H]1COCCN1Cc1cnn(-c2ccccc2)n1. The van der Waals surface area contributed by atoms with E-state index in [2.05, 4.69) is 32.2 Å². The van der Waals surface area contributed by atoms with Crippen LogP contribution in [0.3, 0.4) is 0 Å². The van der Waals surface area contributed by atoms with E-state index >= 15 is 0 Å². The van der Waals surface area contributed by atoms with E-state index in [1.165, 1.54) is 5.56 Å². The number of rotatable bonds is 4. The summed E-state index contributed by atoms with van der Waals surface area (Å²) in [6.07, 6.45) is 1.84. The Balaban J connectivity index is 1.56. The van der Waals surface area contributed by atoms with Crippen molar-refractivity contribution in [1.82, 2.24) is 30.1 Å². The summed E-state index contributed by atoms with van der Waals surface area (Å²) < 4.78 is 5.73. The van der Waals surface area contributed by atoms with Gasteiger partial charge in [-0.1, -0.05) is 18.2 Å². The number of aromatic nitrogens is 5. The van der Waals surface area contributed by atoms with Crippen LogP contribution in [0, 0.1) is 13.8 Å². The van der Waals surface area contributed by atoms with E-state index in [1.807, 2.05) is 43.5 Å². The normalized spacial score (nSPS) is 18.6. The summed E-state index contributed by atoms with van der Waals surface area (Å²) in [5.74, 6) is 0. The number of para-hydroxylation sites is 1. The Bertz CT molecular complexity index is 821. The molecule has 0 saturated carbocycles. The van der Waals surface area contributed by atoms with Crippen molar-refractivity contribution in [3.05, 3.63) is 59.2 Å². The Morgan fingerprint density at radius 3 is 2.84 bits per heavy atom. The minimum absolute atomic E-state index is 0.189. The second-order valence-corrected chi connectivity index (χ2v) is 6.37. The highest BCUT2D eigenvalue weighted by molar-refractivity contribution is 5.29. The number of morpholine rings is 1. The molecular weight excluding hydrogens is 316 g/mol. The van der Waals surface area contributed by atoms with Gasteiger partial charge in [-0.3, -0.25) is 10.00 Å². The van der Waals surface area contributed by atoms with Gasteiger partial charge in [0.15, 0.2) is 0 Å². The van der Waals surface area contributed by atoms with Gasteiger partial charge in [-0.15, -0.1) is 0 Å². The van der Waals surface area contributed by atoms with Crippen LogP contribution in [0.4, 0.5) is 0 Å². The Morgan fingerprint density at radius 2 is 2.08 bits per heavy atom. The van der Waals surface area contributed by atoms with Crippen molar-refractivity contribution in [3.63, 3.8) is 0 Å². The first kappa shape index (κ1) is 16.0. The molecule has 1 aliphatic rings. The molecule has 130 valence electrons. The van der Waals surface area contributed by atoms with Gasteiger partial charge in [0.1, 0.15) is 0 Å². The summed E-state index contributed by atoms with van der Waals surface area (Å²) in [6, 6.07) is 10.2. The van der Waals surface area contributed by atoms with Crippen molar-refractivity contribution in [3.8, 4) is 5.69 Å². The van der Waals surface area contributed by atoms with E-state index in [9.17, 15) is 0 Å². The van der Waals surface area contributed by atoms with E-state index in [0.717, 1.165) is 42.5 Å². The number of hydrogen-bond acceptors (Lipinski definition) is 5. The third-order valence-corrected chi connectivity index (χ3v) is 4.65. The lowest BCUT2D eigenvalue weighted by atomic mass is 10.0. The lowest BCUT2D eigenvalue weighted by Gasteiger charge is -2.35. The van der Waals surface area contributed by atoms with Crippen LogP contribution in [0.15, 0.2) is 36.5 Å². The number of aryl methyl sites for hydroxylation is 2. The van der Waals surface area contributed by atoms with Crippen LogP contribution in [-0.2, 0) is 11.3 Å². The quantitative estimate of drug-likeness (QED) is 0.789. The van der Waals surface area contributed by atoms with Gasteiger partial charge < -0.3 is 4.74 Å². The van der Waals surface area contributed by atoms with Gasteiger partial charge in [-0.25, -0.2) is 0 Å². The van der Waals surface area contributed by atoms with Crippen LogP contribution in [0.1, 0.15) is 28.7 Å². The minimum Gasteiger partial charge on any atom is -0.378 e. The van der Waals surface area contributed by atoms with E-state index in [0.29, 0.717) is 6.61 Å². The number of nitrogens with one attached hydrogen (secondary N) is 1. The smallest absolute Gasteiger partial charge is 0.0972 e. The maximum Gasteiger partial charge on any atom is 0.0972 e. The predicted molar refractivity (Wildman–Crippen MR) is 93.4 cm³/mol. The maximum absolute atomic E-state index is 5.73. The van der Waals surface area contributed by atoms with Crippen molar-refractivity contribution >= 4 is 0 Å². The minimum atomic E-state index is 0.189. The molecule has 7 nitrogen and oxygen atoms in total. The molecule has 1 aromatic carbocycles. The van der Waals surface area contributed by atoms with Crippen molar-refractivity contribution in [2.75, 3.05) is 19.8 Å². The summed E-state index contributed by atoms with van der Waals surface area (Å²) in [4.78, 5) is 4.08. The zero-order valence-corrected chi connectivity index (χ0v) is 14.5. The lowest BCUT2D eigenvalue weighted by Crippen LogP contribution is -2.39. The molecule has 1 fully saturated rings. The number of benzene rings is 1. The first-order valence-corrected chi connectivity index (χ1v) is 8.52. The Morgan fingerprint density at radius 1 is 1.24 bits per heavy atom. The molecule has 1 N–H and O–H groups in total. The number of hydrogen-bond donors (Lipinski definition) is 1. The molecule has 25 heavy (non-hydrogen) atoms. The summed E-state index contributed by atoms with van der Waals surface area (Å²) in [7, 11) is 0. The van der Waals surface area contributed by atoms with Gasteiger partial charge in [-0.2, -0.15) is 20.1 Å². The van der Waals surface area contributed by atoms with Crippen molar-refractivity contribution in [2.45, 2.75) is 26.4 Å². The van der Waals surface area contributed by atoms with Crippen molar-refractivity contribution in [2.24, 2.45) is 0 Å². The van der Waals surface area contributed by atoms with Crippen molar-refractivity contribution in [1.29, 1.82) is 0 Å². The summed E-state index contributed by atoms with van der Waals surface area (Å²) >= 11 is 0. The van der Waals surface area contributed by atoms with Crippen molar-refractivity contribution < 1.29 is 4.74 Å². The molecule has 1 saturated heterocycles. The Hall–Kier alpha value is -2.51. The van der Waals surface area contributed by atoms with E-state index in [-0.39, 0.29) is 6.04 Å². The topological polar surface area (TPSA) is 71.9 Å². The number of ether oxygens (including phenoxy) is 1. The van der Waals surface area contributed by atoms with Crippen LogP contribution >= 0.6 is 0 Å². The maximum atomic E-state index is 5.73. The molecule has 0 amide bonds. The fourth-order valence-corrected chi connectivity index (χ4v) is 3.40. The fraction of sp³-hybridized carbons (Fsp3) is 0.389. The molecule has 0 bridgehead atoms. The molecule has 3 aromatic rings. The summed E-state index contributed by atoms with van der Waals surface area (Å²) in [5, 5.41) is 16.5. The zero-order chi connectivity index (χ0) is 17.2. The monoisotopic (exact) mass is 338 g/mol. The molecule has 2 aromatic heterocycles. The summed E-state index contributed by atoms with van der Waals surface area (Å²) in [5.41, 5.74) is 5.29. The molecule has 0 radical (unpaired) electrons. The third-order valence-electron chi connectivity index (χ3n) is 4.65. The Labute approximate surface area is 146 Å². The molecule has 4 rings (SSSR count). The van der Waals surface area contributed by atoms with Gasteiger partial charge in [0.05, 0.1) is 42.5 Å². The van der Waals surface area contributed by atoms with Crippen LogP contribution < -0.4 is 0 Å². The highest BCUT2D eigenvalue weighted by Gasteiger charge is 2.29.